The highest BCUT2D eigenvalue weighted by atomic mass is 32.2. The van der Waals surface area contributed by atoms with Gasteiger partial charge in [-0.25, -0.2) is 15.0 Å². The Kier molecular flexibility index (Phi) is 6.99. The van der Waals surface area contributed by atoms with Crippen LogP contribution in [0.25, 0.3) is 67.2 Å². The number of hydrogen-bond donors (Lipinski definition) is 0. The molecular formula is C45H28N4OS. The van der Waals surface area contributed by atoms with Crippen LogP contribution in [0.4, 0.5) is 17.1 Å². The van der Waals surface area contributed by atoms with Crippen LogP contribution < -0.4 is 4.90 Å². The molecule has 9 aromatic rings. The number of rotatable bonds is 5. The molecule has 0 saturated carbocycles. The molecule has 240 valence electrons. The quantitative estimate of drug-likeness (QED) is 0.181. The third kappa shape index (κ3) is 5.16. The number of furan rings is 1. The average Bonchev–Trinajstić information content (AvgIpc) is 3.59. The summed E-state index contributed by atoms with van der Waals surface area (Å²) in [6.07, 6.45) is 0. The maximum Gasteiger partial charge on any atom is 0.164 e. The normalized spacial score (nSPS) is 12.2. The third-order valence-corrected chi connectivity index (χ3v) is 10.5. The van der Waals surface area contributed by atoms with Gasteiger partial charge in [0, 0.05) is 42.9 Å². The third-order valence-electron chi connectivity index (χ3n) is 9.33. The van der Waals surface area contributed by atoms with Crippen molar-refractivity contribution in [2.75, 3.05) is 4.90 Å². The summed E-state index contributed by atoms with van der Waals surface area (Å²) in [4.78, 5) is 19.8. The Morgan fingerprint density at radius 2 is 1.00 bits per heavy atom. The summed E-state index contributed by atoms with van der Waals surface area (Å²) < 4.78 is 6.42. The van der Waals surface area contributed by atoms with E-state index in [0.29, 0.717) is 17.5 Å². The van der Waals surface area contributed by atoms with Gasteiger partial charge in [-0.15, -0.1) is 0 Å². The summed E-state index contributed by atoms with van der Waals surface area (Å²) in [5, 5.41) is 2.00. The molecule has 0 unspecified atom stereocenters. The topological polar surface area (TPSA) is 55.1 Å². The van der Waals surface area contributed by atoms with E-state index in [9.17, 15) is 0 Å². The number of anilines is 3. The van der Waals surface area contributed by atoms with E-state index in [-0.39, 0.29) is 0 Å². The zero-order chi connectivity index (χ0) is 33.7. The summed E-state index contributed by atoms with van der Waals surface area (Å²) in [5.74, 6) is 1.86. The minimum atomic E-state index is 0.603. The van der Waals surface area contributed by atoms with E-state index in [1.54, 1.807) is 0 Å². The van der Waals surface area contributed by atoms with Gasteiger partial charge < -0.3 is 9.32 Å². The molecule has 0 radical (unpaired) electrons. The Balaban J connectivity index is 1.09. The van der Waals surface area contributed by atoms with Crippen LogP contribution in [0.15, 0.2) is 184 Å². The summed E-state index contributed by atoms with van der Waals surface area (Å²) in [6.45, 7) is 0. The first-order valence-electron chi connectivity index (χ1n) is 16.9. The van der Waals surface area contributed by atoms with Crippen molar-refractivity contribution >= 4 is 50.8 Å². The Labute approximate surface area is 298 Å². The molecule has 5 nitrogen and oxygen atoms in total. The van der Waals surface area contributed by atoms with E-state index in [1.807, 2.05) is 84.6 Å². The Morgan fingerprint density at radius 3 is 1.65 bits per heavy atom. The van der Waals surface area contributed by atoms with Gasteiger partial charge in [-0.1, -0.05) is 127 Å². The van der Waals surface area contributed by atoms with Crippen molar-refractivity contribution in [3.8, 4) is 45.3 Å². The van der Waals surface area contributed by atoms with Gasteiger partial charge in [-0.3, -0.25) is 0 Å². The molecule has 0 saturated heterocycles. The van der Waals surface area contributed by atoms with Gasteiger partial charge >= 0.3 is 0 Å². The van der Waals surface area contributed by atoms with Crippen LogP contribution in [0.2, 0.25) is 0 Å². The smallest absolute Gasteiger partial charge is 0.164 e. The molecule has 1 aliphatic heterocycles. The lowest BCUT2D eigenvalue weighted by molar-refractivity contribution is 0.669. The van der Waals surface area contributed by atoms with Crippen LogP contribution in [-0.2, 0) is 0 Å². The predicted molar refractivity (Wildman–Crippen MR) is 208 cm³/mol. The molecule has 0 spiro atoms. The van der Waals surface area contributed by atoms with E-state index in [4.69, 9.17) is 19.4 Å². The minimum absolute atomic E-state index is 0.603. The second-order valence-electron chi connectivity index (χ2n) is 12.4. The molecule has 51 heavy (non-hydrogen) atoms. The van der Waals surface area contributed by atoms with E-state index in [1.165, 1.54) is 21.2 Å². The Hall–Kier alpha value is -6.50. The second-order valence-corrected chi connectivity index (χ2v) is 13.5. The highest BCUT2D eigenvalue weighted by Crippen LogP contribution is 2.51. The van der Waals surface area contributed by atoms with Crippen molar-refractivity contribution in [2.24, 2.45) is 0 Å². The highest BCUT2D eigenvalue weighted by Gasteiger charge is 2.24. The maximum atomic E-state index is 6.42. The van der Waals surface area contributed by atoms with Crippen LogP contribution in [0, 0.1) is 0 Å². The largest absolute Gasteiger partial charge is 0.456 e. The van der Waals surface area contributed by atoms with E-state index in [0.717, 1.165) is 55.4 Å². The zero-order valence-electron chi connectivity index (χ0n) is 27.3. The fourth-order valence-electron chi connectivity index (χ4n) is 6.91. The van der Waals surface area contributed by atoms with Crippen LogP contribution in [0.3, 0.4) is 0 Å². The summed E-state index contributed by atoms with van der Waals surface area (Å²) >= 11 is 1.82. The average molecular weight is 673 g/mol. The first kappa shape index (κ1) is 29.4. The Bertz CT molecular complexity index is 2620. The van der Waals surface area contributed by atoms with Gasteiger partial charge in [0.05, 0.1) is 11.4 Å². The molecule has 0 amide bonds. The first-order chi connectivity index (χ1) is 25.3. The summed E-state index contributed by atoms with van der Waals surface area (Å²) in [7, 11) is 0. The molecule has 6 heteroatoms. The summed E-state index contributed by atoms with van der Waals surface area (Å²) in [5.41, 5.74) is 10.1. The minimum Gasteiger partial charge on any atom is -0.456 e. The lowest BCUT2D eigenvalue weighted by Crippen LogP contribution is -2.14. The van der Waals surface area contributed by atoms with Crippen molar-refractivity contribution in [2.45, 2.75) is 9.79 Å². The van der Waals surface area contributed by atoms with Gasteiger partial charge in [0.1, 0.15) is 11.2 Å². The number of hydrogen-bond acceptors (Lipinski definition) is 6. The van der Waals surface area contributed by atoms with E-state index >= 15 is 0 Å². The second kappa shape index (κ2) is 12.1. The number of fused-ring (bicyclic) bond motifs is 5. The number of nitrogens with zero attached hydrogens (tertiary/aromatic N) is 4. The standard InChI is InChI=1S/C45H28N4OS/c1-3-12-30(13-4-1)43-46-44(31-14-5-2-6-15-31)48-45(47-43)34-16-11-19-39-42(34)35-28-32(24-27-38(35)50-39)29-22-25-33(26-23-29)49-36-17-7-9-20-40(36)51-41-21-10-8-18-37(41)49/h1-28H. The van der Waals surface area contributed by atoms with Crippen LogP contribution in [0.5, 0.6) is 0 Å². The zero-order valence-corrected chi connectivity index (χ0v) is 28.1. The fourth-order valence-corrected chi connectivity index (χ4v) is 7.97. The van der Waals surface area contributed by atoms with Crippen molar-refractivity contribution in [3.05, 3.63) is 170 Å². The monoisotopic (exact) mass is 672 g/mol. The lowest BCUT2D eigenvalue weighted by atomic mass is 10.00. The van der Waals surface area contributed by atoms with Gasteiger partial charge in [0.25, 0.3) is 0 Å². The van der Waals surface area contributed by atoms with Crippen molar-refractivity contribution in [1.29, 1.82) is 0 Å². The fraction of sp³-hybridized carbons (Fsp3) is 0. The molecule has 7 aromatic carbocycles. The van der Waals surface area contributed by atoms with Crippen LogP contribution in [0.1, 0.15) is 0 Å². The molecule has 0 bridgehead atoms. The number of benzene rings is 7. The molecule has 1 aliphatic rings. The van der Waals surface area contributed by atoms with Gasteiger partial charge in [0.15, 0.2) is 17.5 Å². The van der Waals surface area contributed by atoms with Gasteiger partial charge in [0.2, 0.25) is 0 Å². The molecular weight excluding hydrogens is 645 g/mol. The molecule has 2 aromatic heterocycles. The van der Waals surface area contributed by atoms with E-state index < -0.39 is 0 Å². The van der Waals surface area contributed by atoms with Crippen molar-refractivity contribution in [1.82, 2.24) is 15.0 Å². The molecule has 0 atom stereocenters. The lowest BCUT2D eigenvalue weighted by Gasteiger charge is -2.32. The van der Waals surface area contributed by atoms with Crippen molar-refractivity contribution in [3.63, 3.8) is 0 Å². The maximum absolute atomic E-state index is 6.42. The predicted octanol–water partition coefficient (Wildman–Crippen LogP) is 12.4. The van der Waals surface area contributed by atoms with Gasteiger partial charge in [-0.2, -0.15) is 0 Å². The first-order valence-corrected chi connectivity index (χ1v) is 17.7. The van der Waals surface area contributed by atoms with E-state index in [2.05, 4.69) is 102 Å². The molecule has 0 aliphatic carbocycles. The number of aromatic nitrogens is 3. The highest BCUT2D eigenvalue weighted by molar-refractivity contribution is 7.99. The Morgan fingerprint density at radius 1 is 0.431 bits per heavy atom. The van der Waals surface area contributed by atoms with Gasteiger partial charge in [-0.05, 0) is 65.7 Å². The summed E-state index contributed by atoms with van der Waals surface area (Å²) in [6, 6.07) is 58.7. The van der Waals surface area contributed by atoms with Crippen LogP contribution >= 0.6 is 11.8 Å². The molecule has 3 heterocycles. The van der Waals surface area contributed by atoms with Crippen molar-refractivity contribution < 1.29 is 4.42 Å². The molecule has 10 rings (SSSR count). The van der Waals surface area contributed by atoms with Crippen LogP contribution in [-0.4, -0.2) is 15.0 Å². The number of para-hydroxylation sites is 2. The molecule has 0 fully saturated rings. The molecule has 0 N–H and O–H groups in total. The SMILES string of the molecule is c1ccc(-c2nc(-c3ccccc3)nc(-c3cccc4oc5ccc(-c6ccc(N7c8ccccc8Sc8ccccc87)cc6)cc5c34)n2)cc1.